The molecule has 0 spiro atoms. The lowest BCUT2D eigenvalue weighted by Gasteiger charge is -2.08. The molecule has 1 aromatic rings. The molecule has 16 heavy (non-hydrogen) atoms. The summed E-state index contributed by atoms with van der Waals surface area (Å²) in [5.74, 6) is -1.21. The second kappa shape index (κ2) is 4.51. The summed E-state index contributed by atoms with van der Waals surface area (Å²) in [5.41, 5.74) is -0.0143. The van der Waals surface area contributed by atoms with Crippen LogP contribution in [0, 0.1) is 11.3 Å². The molecule has 0 aliphatic rings. The summed E-state index contributed by atoms with van der Waals surface area (Å²) in [5, 5.41) is 17.5. The predicted octanol–water partition coefficient (Wildman–Crippen LogP) is 1.10. The smallest absolute Gasteiger partial charge is 0.348 e. The van der Waals surface area contributed by atoms with Crippen molar-refractivity contribution < 1.29 is 18.3 Å². The van der Waals surface area contributed by atoms with Gasteiger partial charge in [-0.1, -0.05) is 0 Å². The van der Waals surface area contributed by atoms with Crippen LogP contribution in [-0.2, 0) is 10.0 Å². The van der Waals surface area contributed by atoms with Gasteiger partial charge in [0.1, 0.15) is 4.88 Å². The number of thiophene rings is 1. The van der Waals surface area contributed by atoms with Crippen molar-refractivity contribution in [1.29, 1.82) is 5.26 Å². The number of nitrogens with zero attached hydrogens (tertiary/aromatic N) is 1. The number of carboxylic acid groups (broad SMARTS) is 1. The number of carbonyl (C=O) groups is 1. The molecular formula is C8H8N2O4S2. The number of nitrogens with one attached hydrogen (secondary N) is 1. The summed E-state index contributed by atoms with van der Waals surface area (Å²) in [6.07, 6.45) is 0. The number of hydrogen-bond donors (Lipinski definition) is 2. The first-order valence-corrected chi connectivity index (χ1v) is 6.53. The van der Waals surface area contributed by atoms with Gasteiger partial charge in [-0.25, -0.2) is 13.2 Å². The fourth-order valence-electron chi connectivity index (χ4n) is 0.866. The lowest BCUT2D eigenvalue weighted by molar-refractivity contribution is 0.0703. The van der Waals surface area contributed by atoms with Gasteiger partial charge in [0.2, 0.25) is 10.0 Å². The summed E-state index contributed by atoms with van der Waals surface area (Å²) in [7, 11) is -3.86. The Balaban J connectivity index is 3.03. The minimum absolute atomic E-state index is 0.0143. The standard InChI is InChI=1S/C8H8N2O4S2/c1-5(4-9)16(13,14)10-6-2-3-15-7(6)8(11)12/h2-3,5,10H,1H3,(H,11,12). The predicted molar refractivity (Wildman–Crippen MR) is 58.9 cm³/mol. The quantitative estimate of drug-likeness (QED) is 0.842. The maximum Gasteiger partial charge on any atom is 0.348 e. The second-order valence-electron chi connectivity index (χ2n) is 2.89. The summed E-state index contributed by atoms with van der Waals surface area (Å²) >= 11 is 0.908. The molecule has 0 aliphatic heterocycles. The first kappa shape index (κ1) is 12.5. The van der Waals surface area contributed by atoms with Gasteiger partial charge < -0.3 is 5.11 Å². The molecule has 0 saturated carbocycles. The summed E-state index contributed by atoms with van der Waals surface area (Å²) in [4.78, 5) is 10.6. The van der Waals surface area contributed by atoms with Crippen LogP contribution in [0.3, 0.4) is 0 Å². The first-order chi connectivity index (χ1) is 7.38. The highest BCUT2D eigenvalue weighted by Crippen LogP contribution is 2.23. The van der Waals surface area contributed by atoms with E-state index >= 15 is 0 Å². The van der Waals surface area contributed by atoms with E-state index in [1.165, 1.54) is 18.4 Å². The maximum atomic E-state index is 11.5. The van der Waals surface area contributed by atoms with Crippen LogP contribution in [0.5, 0.6) is 0 Å². The summed E-state index contributed by atoms with van der Waals surface area (Å²) in [6, 6.07) is 2.91. The molecule has 8 heteroatoms. The van der Waals surface area contributed by atoms with Crippen LogP contribution in [-0.4, -0.2) is 24.7 Å². The highest BCUT2D eigenvalue weighted by Gasteiger charge is 2.23. The lowest BCUT2D eigenvalue weighted by atomic mass is 10.4. The minimum Gasteiger partial charge on any atom is -0.477 e. The van der Waals surface area contributed by atoms with Crippen molar-refractivity contribution in [2.75, 3.05) is 4.72 Å². The Morgan fingerprint density at radius 3 is 2.81 bits per heavy atom. The zero-order chi connectivity index (χ0) is 12.3. The molecule has 1 unspecified atom stereocenters. The number of carboxylic acids is 1. The van der Waals surface area contributed by atoms with Crippen LogP contribution >= 0.6 is 11.3 Å². The van der Waals surface area contributed by atoms with Crippen molar-refractivity contribution in [3.05, 3.63) is 16.3 Å². The molecule has 0 aromatic carbocycles. The lowest BCUT2D eigenvalue weighted by Crippen LogP contribution is -2.24. The summed E-state index contributed by atoms with van der Waals surface area (Å²) < 4.78 is 25.0. The van der Waals surface area contributed by atoms with Gasteiger partial charge in [-0.15, -0.1) is 11.3 Å². The van der Waals surface area contributed by atoms with E-state index in [-0.39, 0.29) is 10.6 Å². The van der Waals surface area contributed by atoms with E-state index in [2.05, 4.69) is 4.72 Å². The van der Waals surface area contributed by atoms with E-state index in [1.54, 1.807) is 6.07 Å². The monoisotopic (exact) mass is 260 g/mol. The van der Waals surface area contributed by atoms with E-state index in [0.717, 1.165) is 11.3 Å². The van der Waals surface area contributed by atoms with Crippen LogP contribution in [0.15, 0.2) is 11.4 Å². The molecule has 0 radical (unpaired) electrons. The van der Waals surface area contributed by atoms with Gasteiger partial charge in [0.15, 0.2) is 5.25 Å². The van der Waals surface area contributed by atoms with Gasteiger partial charge in [0, 0.05) is 0 Å². The van der Waals surface area contributed by atoms with Crippen molar-refractivity contribution in [3.63, 3.8) is 0 Å². The number of anilines is 1. The van der Waals surface area contributed by atoms with Gasteiger partial charge in [-0.3, -0.25) is 4.72 Å². The van der Waals surface area contributed by atoms with Crippen LogP contribution in [0.1, 0.15) is 16.6 Å². The Morgan fingerprint density at radius 2 is 2.31 bits per heavy atom. The van der Waals surface area contributed by atoms with Gasteiger partial charge in [-0.05, 0) is 18.4 Å². The van der Waals surface area contributed by atoms with E-state index < -0.39 is 21.2 Å². The third-order valence-electron chi connectivity index (χ3n) is 1.76. The summed E-state index contributed by atoms with van der Waals surface area (Å²) in [6.45, 7) is 1.22. The Labute approximate surface area is 96.2 Å². The van der Waals surface area contributed by atoms with E-state index in [0.29, 0.717) is 0 Å². The fraction of sp³-hybridized carbons (Fsp3) is 0.250. The number of nitriles is 1. The van der Waals surface area contributed by atoms with Crippen molar-refractivity contribution in [1.82, 2.24) is 0 Å². The molecule has 1 atom stereocenters. The van der Waals surface area contributed by atoms with Crippen LogP contribution in [0.2, 0.25) is 0 Å². The van der Waals surface area contributed by atoms with E-state index in [4.69, 9.17) is 10.4 Å². The van der Waals surface area contributed by atoms with Crippen LogP contribution in [0.4, 0.5) is 5.69 Å². The Bertz CT molecular complexity index is 541. The van der Waals surface area contributed by atoms with E-state index in [1.807, 2.05) is 0 Å². The Hall–Kier alpha value is -1.59. The molecule has 0 amide bonds. The van der Waals surface area contributed by atoms with Crippen LogP contribution in [0.25, 0.3) is 0 Å². The number of hydrogen-bond acceptors (Lipinski definition) is 5. The number of rotatable bonds is 4. The maximum absolute atomic E-state index is 11.5. The SMILES string of the molecule is CC(C#N)S(=O)(=O)Nc1ccsc1C(=O)O. The molecular weight excluding hydrogens is 252 g/mol. The minimum atomic E-state index is -3.86. The molecule has 1 rings (SSSR count). The van der Waals surface area contributed by atoms with Gasteiger partial charge >= 0.3 is 5.97 Å². The molecule has 0 fully saturated rings. The zero-order valence-corrected chi connectivity index (χ0v) is 9.80. The topological polar surface area (TPSA) is 107 Å². The third-order valence-corrected chi connectivity index (χ3v) is 4.20. The number of sulfonamides is 1. The average Bonchev–Trinajstić information content (AvgIpc) is 2.63. The molecule has 6 nitrogen and oxygen atoms in total. The third kappa shape index (κ3) is 2.50. The normalized spacial score (nSPS) is 12.8. The fourth-order valence-corrected chi connectivity index (χ4v) is 2.41. The van der Waals surface area contributed by atoms with Crippen molar-refractivity contribution in [3.8, 4) is 6.07 Å². The Morgan fingerprint density at radius 1 is 1.69 bits per heavy atom. The molecule has 1 heterocycles. The van der Waals surface area contributed by atoms with Crippen molar-refractivity contribution >= 4 is 33.0 Å². The van der Waals surface area contributed by atoms with Gasteiger partial charge in [0.05, 0.1) is 11.8 Å². The van der Waals surface area contributed by atoms with Crippen molar-refractivity contribution in [2.24, 2.45) is 0 Å². The van der Waals surface area contributed by atoms with E-state index in [9.17, 15) is 13.2 Å². The number of aromatic carboxylic acids is 1. The first-order valence-electron chi connectivity index (χ1n) is 4.10. The highest BCUT2D eigenvalue weighted by atomic mass is 32.2. The molecule has 86 valence electrons. The molecule has 0 bridgehead atoms. The zero-order valence-electron chi connectivity index (χ0n) is 8.17. The van der Waals surface area contributed by atoms with Gasteiger partial charge in [-0.2, -0.15) is 5.26 Å². The second-order valence-corrected chi connectivity index (χ2v) is 5.80. The molecule has 0 aliphatic carbocycles. The molecule has 2 N–H and O–H groups in total. The van der Waals surface area contributed by atoms with Gasteiger partial charge in [0.25, 0.3) is 0 Å². The Kier molecular flexibility index (Phi) is 3.51. The van der Waals surface area contributed by atoms with Crippen LogP contribution < -0.4 is 4.72 Å². The molecule has 1 aromatic heterocycles. The largest absolute Gasteiger partial charge is 0.477 e. The average molecular weight is 260 g/mol. The highest BCUT2D eigenvalue weighted by molar-refractivity contribution is 7.93. The van der Waals surface area contributed by atoms with Crippen molar-refractivity contribution in [2.45, 2.75) is 12.2 Å². The molecule has 0 saturated heterocycles.